The number of ether oxygens (including phenoxy) is 1. The Balaban J connectivity index is 1.81. The van der Waals surface area contributed by atoms with Crippen molar-refractivity contribution in [3.8, 4) is 0 Å². The second-order valence-electron chi connectivity index (χ2n) is 4.64. The van der Waals surface area contributed by atoms with Crippen molar-refractivity contribution in [2.45, 2.75) is 32.6 Å². The van der Waals surface area contributed by atoms with Crippen molar-refractivity contribution in [1.29, 1.82) is 0 Å². The number of amides is 1. The molecule has 1 aliphatic rings. The number of thiazole rings is 1. The maximum atomic E-state index is 11.8. The van der Waals surface area contributed by atoms with Crippen molar-refractivity contribution in [2.75, 3.05) is 11.9 Å². The van der Waals surface area contributed by atoms with Gasteiger partial charge in [0.1, 0.15) is 0 Å². The van der Waals surface area contributed by atoms with Gasteiger partial charge in [-0.25, -0.2) is 4.98 Å². The molecule has 1 N–H and O–H groups in total. The fourth-order valence-electron chi connectivity index (χ4n) is 2.08. The molecule has 1 amide bonds. The fraction of sp³-hybridized carbons (Fsp3) is 0.500. The van der Waals surface area contributed by atoms with Gasteiger partial charge in [-0.3, -0.25) is 9.59 Å². The summed E-state index contributed by atoms with van der Waals surface area (Å²) in [4.78, 5) is 27.4. The molecule has 20 heavy (non-hydrogen) atoms. The molecule has 0 aromatic carbocycles. The number of rotatable bonds is 6. The van der Waals surface area contributed by atoms with Gasteiger partial charge in [-0.2, -0.15) is 0 Å². The van der Waals surface area contributed by atoms with E-state index in [9.17, 15) is 9.59 Å². The third-order valence-electron chi connectivity index (χ3n) is 2.99. The minimum atomic E-state index is -0.299. The molecule has 0 aliphatic heterocycles. The number of carbonyl (C=O) groups excluding carboxylic acids is 2. The normalized spacial score (nSPS) is 17.1. The lowest BCUT2D eigenvalue weighted by molar-refractivity contribution is -0.142. The van der Waals surface area contributed by atoms with Crippen LogP contribution in [0.3, 0.4) is 0 Å². The van der Waals surface area contributed by atoms with Crippen molar-refractivity contribution in [2.24, 2.45) is 5.92 Å². The van der Waals surface area contributed by atoms with Crippen LogP contribution in [0.15, 0.2) is 17.5 Å². The maximum absolute atomic E-state index is 11.8. The van der Waals surface area contributed by atoms with Gasteiger partial charge in [0.15, 0.2) is 5.13 Å². The molecular weight excluding hydrogens is 276 g/mol. The van der Waals surface area contributed by atoms with Crippen molar-refractivity contribution >= 4 is 28.3 Å². The molecule has 5 nitrogen and oxygen atoms in total. The summed E-state index contributed by atoms with van der Waals surface area (Å²) >= 11 is 1.33. The second-order valence-corrected chi connectivity index (χ2v) is 5.50. The summed E-state index contributed by atoms with van der Waals surface area (Å²) in [7, 11) is 0. The first-order chi connectivity index (χ1) is 9.67. The second kappa shape index (κ2) is 7.19. The molecule has 0 spiro atoms. The predicted octanol–water partition coefficient (Wildman–Crippen LogP) is 2.54. The summed E-state index contributed by atoms with van der Waals surface area (Å²) in [5.74, 6) is 0.0133. The zero-order chi connectivity index (χ0) is 14.4. The lowest BCUT2D eigenvalue weighted by atomic mass is 10.1. The van der Waals surface area contributed by atoms with E-state index in [1.54, 1.807) is 12.3 Å². The highest BCUT2D eigenvalue weighted by Crippen LogP contribution is 2.22. The molecule has 6 heteroatoms. The lowest BCUT2D eigenvalue weighted by Gasteiger charge is -2.06. The van der Waals surface area contributed by atoms with E-state index in [0.29, 0.717) is 29.8 Å². The van der Waals surface area contributed by atoms with E-state index in [2.05, 4.69) is 22.5 Å². The smallest absolute Gasteiger partial charge is 0.311 e. The Morgan fingerprint density at radius 3 is 3.10 bits per heavy atom. The molecule has 1 heterocycles. The summed E-state index contributed by atoms with van der Waals surface area (Å²) in [5, 5.41) is 5.08. The molecule has 0 bridgehead atoms. The number of nitrogens with zero attached hydrogens (tertiary/aromatic N) is 1. The Kier molecular flexibility index (Phi) is 5.29. The highest BCUT2D eigenvalue weighted by atomic mass is 32.1. The van der Waals surface area contributed by atoms with Crippen molar-refractivity contribution in [1.82, 2.24) is 4.98 Å². The van der Waals surface area contributed by atoms with Crippen LogP contribution in [-0.4, -0.2) is 23.5 Å². The van der Waals surface area contributed by atoms with Crippen LogP contribution in [0.4, 0.5) is 5.13 Å². The van der Waals surface area contributed by atoms with Crippen LogP contribution in [0.1, 0.15) is 31.9 Å². The summed E-state index contributed by atoms with van der Waals surface area (Å²) in [6.45, 7) is 2.13. The zero-order valence-electron chi connectivity index (χ0n) is 11.4. The Labute approximate surface area is 122 Å². The maximum Gasteiger partial charge on any atom is 0.311 e. The van der Waals surface area contributed by atoms with E-state index in [-0.39, 0.29) is 18.3 Å². The highest BCUT2D eigenvalue weighted by Gasteiger charge is 2.15. The molecule has 0 radical (unpaired) electrons. The van der Waals surface area contributed by atoms with Crippen molar-refractivity contribution in [3.05, 3.63) is 23.2 Å². The predicted molar refractivity (Wildman–Crippen MR) is 77.6 cm³/mol. The average molecular weight is 294 g/mol. The van der Waals surface area contributed by atoms with Gasteiger partial charge in [0.2, 0.25) is 5.91 Å². The Hall–Kier alpha value is -1.69. The molecule has 1 aromatic rings. The molecule has 108 valence electrons. The van der Waals surface area contributed by atoms with Gasteiger partial charge in [-0.15, -0.1) is 11.3 Å². The van der Waals surface area contributed by atoms with Crippen LogP contribution < -0.4 is 5.32 Å². The number of anilines is 1. The Morgan fingerprint density at radius 1 is 1.55 bits per heavy atom. The molecule has 1 aromatic heterocycles. The minimum Gasteiger partial charge on any atom is -0.466 e. The minimum absolute atomic E-state index is 0.0291. The molecule has 1 unspecified atom stereocenters. The summed E-state index contributed by atoms with van der Waals surface area (Å²) < 4.78 is 4.86. The van der Waals surface area contributed by atoms with Crippen LogP contribution in [0.2, 0.25) is 0 Å². The van der Waals surface area contributed by atoms with Gasteiger partial charge < -0.3 is 10.1 Å². The van der Waals surface area contributed by atoms with Crippen LogP contribution in [0.5, 0.6) is 0 Å². The summed E-state index contributed by atoms with van der Waals surface area (Å²) in [6, 6.07) is 0. The number of carbonyl (C=O) groups is 2. The van der Waals surface area contributed by atoms with E-state index in [4.69, 9.17) is 4.74 Å². The van der Waals surface area contributed by atoms with Crippen LogP contribution >= 0.6 is 11.3 Å². The Bertz CT molecular complexity index is 510. The number of nitrogens with one attached hydrogen (secondary N) is 1. The number of hydrogen-bond donors (Lipinski definition) is 1. The number of aromatic nitrogens is 1. The Morgan fingerprint density at radius 2 is 2.40 bits per heavy atom. The zero-order valence-corrected chi connectivity index (χ0v) is 12.2. The highest BCUT2D eigenvalue weighted by molar-refractivity contribution is 7.13. The first kappa shape index (κ1) is 14.7. The van der Waals surface area contributed by atoms with Crippen molar-refractivity contribution in [3.63, 3.8) is 0 Å². The van der Waals surface area contributed by atoms with Gasteiger partial charge in [-0.05, 0) is 25.7 Å². The van der Waals surface area contributed by atoms with E-state index >= 15 is 0 Å². The van der Waals surface area contributed by atoms with Gasteiger partial charge in [-0.1, -0.05) is 12.2 Å². The third kappa shape index (κ3) is 4.45. The average Bonchev–Trinajstić information content (AvgIpc) is 3.02. The number of hydrogen-bond acceptors (Lipinski definition) is 5. The quantitative estimate of drug-likeness (QED) is 0.646. The molecule has 1 aliphatic carbocycles. The van der Waals surface area contributed by atoms with Crippen LogP contribution in [-0.2, 0) is 20.7 Å². The van der Waals surface area contributed by atoms with Crippen LogP contribution in [0, 0.1) is 5.92 Å². The summed E-state index contributed by atoms with van der Waals surface area (Å²) in [5.41, 5.74) is 0.629. The molecule has 1 atom stereocenters. The summed E-state index contributed by atoms with van der Waals surface area (Å²) in [6.07, 6.45) is 6.93. The SMILES string of the molecule is CCOC(=O)Cc1csc(NC(=O)CC2C=CCC2)n1. The van der Waals surface area contributed by atoms with E-state index in [0.717, 1.165) is 12.8 Å². The molecular formula is C14H18N2O3S. The standard InChI is InChI=1S/C14H18N2O3S/c1-2-19-13(18)8-11-9-20-14(15-11)16-12(17)7-10-5-3-4-6-10/h3,5,9-10H,2,4,6-8H2,1H3,(H,15,16,17). The van der Waals surface area contributed by atoms with Gasteiger partial charge in [0.05, 0.1) is 18.7 Å². The van der Waals surface area contributed by atoms with Crippen molar-refractivity contribution < 1.29 is 14.3 Å². The fourth-order valence-corrected chi connectivity index (χ4v) is 2.81. The monoisotopic (exact) mass is 294 g/mol. The van der Waals surface area contributed by atoms with Gasteiger partial charge in [0.25, 0.3) is 0 Å². The number of allylic oxidation sites excluding steroid dienone is 2. The molecule has 0 saturated heterocycles. The van der Waals surface area contributed by atoms with Gasteiger partial charge >= 0.3 is 5.97 Å². The molecule has 2 rings (SSSR count). The molecule has 0 saturated carbocycles. The van der Waals surface area contributed by atoms with Gasteiger partial charge in [0, 0.05) is 11.8 Å². The van der Waals surface area contributed by atoms with E-state index in [1.165, 1.54) is 11.3 Å². The van der Waals surface area contributed by atoms with E-state index in [1.807, 2.05) is 0 Å². The third-order valence-corrected chi connectivity index (χ3v) is 3.80. The first-order valence-corrected chi connectivity index (χ1v) is 7.62. The topological polar surface area (TPSA) is 68.3 Å². The number of esters is 1. The first-order valence-electron chi connectivity index (χ1n) is 6.74. The van der Waals surface area contributed by atoms with Crippen LogP contribution in [0.25, 0.3) is 0 Å². The van der Waals surface area contributed by atoms with E-state index < -0.39 is 0 Å². The molecule has 0 fully saturated rings. The largest absolute Gasteiger partial charge is 0.466 e. The lowest BCUT2D eigenvalue weighted by Crippen LogP contribution is -2.15.